The second kappa shape index (κ2) is 4.69. The second-order valence-electron chi connectivity index (χ2n) is 2.53. The molecule has 0 N–H and O–H groups in total. The first-order chi connectivity index (χ1) is 7.33. The molecule has 0 aromatic carbocycles. The van der Waals surface area contributed by atoms with Crippen molar-refractivity contribution in [3.63, 3.8) is 0 Å². The Hall–Kier alpha value is -1.31. The number of carbonyl (C=O) groups is 1. The first-order valence-corrected chi connectivity index (χ1v) is 4.63. The molecule has 0 saturated carbocycles. The van der Waals surface area contributed by atoms with Gasteiger partial charge >= 0.3 is 12.3 Å². The van der Waals surface area contributed by atoms with Crippen molar-refractivity contribution in [2.24, 2.45) is 0 Å². The topological polar surface area (TPSA) is 48.4 Å². The molecule has 4 nitrogen and oxygen atoms in total. The van der Waals surface area contributed by atoms with E-state index in [4.69, 9.17) is 0 Å². The average Bonchev–Trinajstić information content (AvgIpc) is 2.14. The zero-order valence-electron chi connectivity index (χ0n) is 7.84. The SMILES string of the molecule is COC(=O)c1ccc(OC(F)(F)F)nc1Br. The van der Waals surface area contributed by atoms with E-state index in [0.29, 0.717) is 0 Å². The number of ether oxygens (including phenoxy) is 2. The molecule has 0 bridgehead atoms. The zero-order valence-corrected chi connectivity index (χ0v) is 9.42. The summed E-state index contributed by atoms with van der Waals surface area (Å²) < 4.78 is 43.3. The maximum Gasteiger partial charge on any atom is 0.574 e. The smallest absolute Gasteiger partial charge is 0.465 e. The largest absolute Gasteiger partial charge is 0.574 e. The molecule has 0 amide bonds. The number of halogens is 4. The number of methoxy groups -OCH3 is 1. The van der Waals surface area contributed by atoms with Crippen molar-refractivity contribution < 1.29 is 27.4 Å². The molecule has 1 aromatic rings. The first kappa shape index (κ1) is 12.8. The van der Waals surface area contributed by atoms with Gasteiger partial charge < -0.3 is 9.47 Å². The lowest BCUT2D eigenvalue weighted by Crippen LogP contribution is -2.18. The molecular weight excluding hydrogens is 295 g/mol. The summed E-state index contributed by atoms with van der Waals surface area (Å²) in [6.45, 7) is 0. The average molecular weight is 300 g/mol. The molecule has 16 heavy (non-hydrogen) atoms. The highest BCUT2D eigenvalue weighted by Gasteiger charge is 2.32. The summed E-state index contributed by atoms with van der Waals surface area (Å²) in [5.41, 5.74) is 0.0111. The van der Waals surface area contributed by atoms with Crippen LogP contribution >= 0.6 is 15.9 Å². The summed E-state index contributed by atoms with van der Waals surface area (Å²) in [4.78, 5) is 14.5. The highest BCUT2D eigenvalue weighted by Crippen LogP contribution is 2.24. The molecule has 0 saturated heterocycles. The summed E-state index contributed by atoms with van der Waals surface area (Å²) in [5, 5.41) is 0. The number of esters is 1. The minimum absolute atomic E-state index is 0.0111. The number of carbonyl (C=O) groups excluding carboxylic acids is 1. The maximum absolute atomic E-state index is 11.8. The van der Waals surface area contributed by atoms with Crippen molar-refractivity contribution >= 4 is 21.9 Å². The van der Waals surface area contributed by atoms with Gasteiger partial charge in [-0.05, 0) is 22.0 Å². The van der Waals surface area contributed by atoms with Gasteiger partial charge in [-0.15, -0.1) is 13.2 Å². The summed E-state index contributed by atoms with van der Waals surface area (Å²) in [6, 6.07) is 2.04. The molecule has 0 atom stereocenters. The highest BCUT2D eigenvalue weighted by molar-refractivity contribution is 9.10. The van der Waals surface area contributed by atoms with Crippen LogP contribution in [-0.2, 0) is 4.74 Å². The van der Waals surface area contributed by atoms with E-state index in [1.807, 2.05) is 0 Å². The Morgan fingerprint density at radius 2 is 2.06 bits per heavy atom. The van der Waals surface area contributed by atoms with E-state index in [9.17, 15) is 18.0 Å². The third-order valence-corrected chi connectivity index (χ3v) is 2.05. The predicted molar refractivity (Wildman–Crippen MR) is 50.0 cm³/mol. The van der Waals surface area contributed by atoms with E-state index in [2.05, 4.69) is 30.4 Å². The van der Waals surface area contributed by atoms with Gasteiger partial charge in [-0.2, -0.15) is 0 Å². The Morgan fingerprint density at radius 1 is 1.44 bits per heavy atom. The Labute approximate surface area is 96.5 Å². The normalized spacial score (nSPS) is 11.1. The van der Waals surface area contributed by atoms with Crippen LogP contribution in [0.25, 0.3) is 0 Å². The van der Waals surface area contributed by atoms with E-state index < -0.39 is 18.2 Å². The van der Waals surface area contributed by atoms with E-state index in [1.54, 1.807) is 0 Å². The van der Waals surface area contributed by atoms with Crippen LogP contribution < -0.4 is 4.74 Å². The molecular formula is C8H5BrF3NO3. The van der Waals surface area contributed by atoms with Gasteiger partial charge in [-0.3, -0.25) is 0 Å². The zero-order chi connectivity index (χ0) is 12.3. The van der Waals surface area contributed by atoms with E-state index in [0.717, 1.165) is 19.2 Å². The summed E-state index contributed by atoms with van der Waals surface area (Å²) in [7, 11) is 1.15. The molecule has 1 rings (SSSR count). The molecule has 0 aliphatic carbocycles. The predicted octanol–water partition coefficient (Wildman–Crippen LogP) is 2.53. The Morgan fingerprint density at radius 3 is 2.50 bits per heavy atom. The summed E-state index contributed by atoms with van der Waals surface area (Å²) >= 11 is 2.84. The van der Waals surface area contributed by atoms with Gasteiger partial charge in [0.2, 0.25) is 5.88 Å². The van der Waals surface area contributed by atoms with Crippen molar-refractivity contribution in [2.45, 2.75) is 6.36 Å². The van der Waals surface area contributed by atoms with E-state index >= 15 is 0 Å². The fourth-order valence-electron chi connectivity index (χ4n) is 0.855. The number of nitrogens with zero attached hydrogens (tertiary/aromatic N) is 1. The number of hydrogen-bond donors (Lipinski definition) is 0. The quantitative estimate of drug-likeness (QED) is 0.622. The van der Waals surface area contributed by atoms with Crippen LogP contribution in [0.4, 0.5) is 13.2 Å². The molecule has 0 radical (unpaired) electrons. The molecule has 0 aliphatic rings. The van der Waals surface area contributed by atoms with Gasteiger partial charge in [0, 0.05) is 6.07 Å². The van der Waals surface area contributed by atoms with Crippen LogP contribution in [0.2, 0.25) is 0 Å². The third kappa shape index (κ3) is 3.37. The van der Waals surface area contributed by atoms with E-state index in [1.165, 1.54) is 0 Å². The molecule has 0 unspecified atom stereocenters. The molecule has 1 heterocycles. The lowest BCUT2D eigenvalue weighted by atomic mass is 10.3. The van der Waals surface area contributed by atoms with Gasteiger partial charge in [0.15, 0.2) is 0 Å². The van der Waals surface area contributed by atoms with Crippen LogP contribution in [0.5, 0.6) is 5.88 Å². The van der Waals surface area contributed by atoms with Crippen LogP contribution in [-0.4, -0.2) is 24.4 Å². The minimum Gasteiger partial charge on any atom is -0.465 e. The van der Waals surface area contributed by atoms with Gasteiger partial charge in [-0.1, -0.05) is 0 Å². The van der Waals surface area contributed by atoms with Gasteiger partial charge in [0.05, 0.1) is 12.7 Å². The number of rotatable bonds is 2. The highest BCUT2D eigenvalue weighted by atomic mass is 79.9. The lowest BCUT2D eigenvalue weighted by Gasteiger charge is -2.08. The van der Waals surface area contributed by atoms with E-state index in [-0.39, 0.29) is 10.2 Å². The molecule has 88 valence electrons. The molecule has 0 spiro atoms. The molecule has 0 fully saturated rings. The number of pyridine rings is 1. The molecule has 0 aliphatic heterocycles. The first-order valence-electron chi connectivity index (χ1n) is 3.84. The second-order valence-corrected chi connectivity index (χ2v) is 3.28. The summed E-state index contributed by atoms with van der Waals surface area (Å²) in [5.74, 6) is -1.37. The summed E-state index contributed by atoms with van der Waals surface area (Å²) in [6.07, 6.45) is -4.82. The maximum atomic E-state index is 11.8. The fourth-order valence-corrected chi connectivity index (χ4v) is 1.32. The minimum atomic E-state index is -4.82. The lowest BCUT2D eigenvalue weighted by molar-refractivity contribution is -0.276. The van der Waals surface area contributed by atoms with Crippen LogP contribution in [0, 0.1) is 0 Å². The Bertz CT molecular complexity index is 408. The number of hydrogen-bond acceptors (Lipinski definition) is 4. The van der Waals surface area contributed by atoms with Crippen LogP contribution in [0.15, 0.2) is 16.7 Å². The van der Waals surface area contributed by atoms with Crippen molar-refractivity contribution in [3.8, 4) is 5.88 Å². The third-order valence-electron chi connectivity index (χ3n) is 1.45. The molecule has 8 heteroatoms. The fraction of sp³-hybridized carbons (Fsp3) is 0.250. The van der Waals surface area contributed by atoms with Crippen molar-refractivity contribution in [1.82, 2.24) is 4.98 Å². The van der Waals surface area contributed by atoms with Crippen molar-refractivity contribution in [1.29, 1.82) is 0 Å². The standard InChI is InChI=1S/C8H5BrF3NO3/c1-15-7(14)4-2-3-5(13-6(4)9)16-8(10,11)12/h2-3H,1H3. The van der Waals surface area contributed by atoms with Crippen LogP contribution in [0.1, 0.15) is 10.4 Å². The van der Waals surface area contributed by atoms with Crippen LogP contribution in [0.3, 0.4) is 0 Å². The molecule has 1 aromatic heterocycles. The Balaban J connectivity index is 2.96. The van der Waals surface area contributed by atoms with Gasteiger partial charge in [-0.25, -0.2) is 9.78 Å². The number of alkyl halides is 3. The Kier molecular flexibility index (Phi) is 3.74. The van der Waals surface area contributed by atoms with Gasteiger partial charge in [0.25, 0.3) is 0 Å². The number of aromatic nitrogens is 1. The van der Waals surface area contributed by atoms with Crippen molar-refractivity contribution in [3.05, 3.63) is 22.3 Å². The van der Waals surface area contributed by atoms with Gasteiger partial charge in [0.1, 0.15) is 4.60 Å². The monoisotopic (exact) mass is 299 g/mol. The van der Waals surface area contributed by atoms with Crippen molar-refractivity contribution in [2.75, 3.05) is 7.11 Å².